The second kappa shape index (κ2) is 8.54. The molecular weight excluding hydrogens is 314 g/mol. The van der Waals surface area contributed by atoms with Gasteiger partial charge < -0.3 is 15.8 Å². The number of hydrogen-bond acceptors (Lipinski definition) is 6. The molecule has 1 amide bonds. The number of hydrogen-bond donors (Lipinski definition) is 3. The molecule has 1 heterocycles. The zero-order chi connectivity index (χ0) is 16.7. The number of ether oxygens (including phenoxy) is 1. The topological polar surface area (TPSA) is 106 Å². The molecule has 7 nitrogen and oxygen atoms in total. The highest BCUT2D eigenvalue weighted by Crippen LogP contribution is 2.18. The monoisotopic (exact) mass is 335 g/mol. The van der Waals surface area contributed by atoms with Gasteiger partial charge in [0, 0.05) is 5.56 Å². The molecule has 1 aromatic carbocycles. The van der Waals surface area contributed by atoms with Gasteiger partial charge in [0.2, 0.25) is 5.91 Å². The minimum absolute atomic E-state index is 0.179. The maximum Gasteiger partial charge on any atom is 0.237 e. The van der Waals surface area contributed by atoms with Gasteiger partial charge in [-0.1, -0.05) is 0 Å². The van der Waals surface area contributed by atoms with Gasteiger partial charge in [-0.25, -0.2) is 4.98 Å². The van der Waals surface area contributed by atoms with Crippen LogP contribution in [0, 0.1) is 0 Å². The molecule has 2 aromatic rings. The summed E-state index contributed by atoms with van der Waals surface area (Å²) in [5.41, 5.74) is 6.68. The molecule has 0 spiro atoms. The van der Waals surface area contributed by atoms with E-state index in [0.29, 0.717) is 18.1 Å². The van der Waals surface area contributed by atoms with Gasteiger partial charge in [0.15, 0.2) is 5.82 Å². The normalized spacial score (nSPS) is 12.0. The summed E-state index contributed by atoms with van der Waals surface area (Å²) in [6.45, 7) is 0.273. The number of methoxy groups -OCH3 is 1. The summed E-state index contributed by atoms with van der Waals surface area (Å²) in [4.78, 5) is 16.2. The molecule has 2 rings (SSSR count). The van der Waals surface area contributed by atoms with Crippen LogP contribution < -0.4 is 15.8 Å². The van der Waals surface area contributed by atoms with Gasteiger partial charge in [-0.05, 0) is 42.7 Å². The van der Waals surface area contributed by atoms with Crippen LogP contribution in [-0.4, -0.2) is 46.2 Å². The maximum atomic E-state index is 11.8. The Hall–Kier alpha value is -2.06. The minimum Gasteiger partial charge on any atom is -0.497 e. The van der Waals surface area contributed by atoms with Crippen molar-refractivity contribution in [2.45, 2.75) is 19.0 Å². The van der Waals surface area contributed by atoms with E-state index in [1.807, 2.05) is 30.5 Å². The van der Waals surface area contributed by atoms with Crippen molar-refractivity contribution in [2.75, 3.05) is 19.1 Å². The van der Waals surface area contributed by atoms with Crippen molar-refractivity contribution in [3.63, 3.8) is 0 Å². The molecule has 0 saturated heterocycles. The van der Waals surface area contributed by atoms with E-state index in [0.717, 1.165) is 17.1 Å². The third kappa shape index (κ3) is 4.97. The quantitative estimate of drug-likeness (QED) is 0.669. The molecule has 23 heavy (non-hydrogen) atoms. The average molecular weight is 335 g/mol. The number of amides is 1. The second-order valence-corrected chi connectivity index (χ2v) is 5.93. The zero-order valence-corrected chi connectivity index (χ0v) is 14.0. The summed E-state index contributed by atoms with van der Waals surface area (Å²) in [7, 11) is 1.62. The molecule has 8 heteroatoms. The summed E-state index contributed by atoms with van der Waals surface area (Å²) in [5, 5.41) is 9.73. The number of thioether (sulfide) groups is 1. The highest BCUT2D eigenvalue weighted by Gasteiger charge is 2.13. The van der Waals surface area contributed by atoms with E-state index in [9.17, 15) is 4.79 Å². The number of aromatic nitrogens is 3. The third-order valence-corrected chi connectivity index (χ3v) is 3.92. The Morgan fingerprint density at radius 1 is 1.43 bits per heavy atom. The Kier molecular flexibility index (Phi) is 6.42. The summed E-state index contributed by atoms with van der Waals surface area (Å²) >= 11 is 1.67. The number of aromatic amines is 1. The number of nitrogens with two attached hydrogens (primary N) is 1. The van der Waals surface area contributed by atoms with Gasteiger partial charge in [-0.3, -0.25) is 9.89 Å². The molecule has 0 radical (unpaired) electrons. The number of H-pyrrole nitrogens is 1. The van der Waals surface area contributed by atoms with Crippen molar-refractivity contribution in [2.24, 2.45) is 5.73 Å². The zero-order valence-electron chi connectivity index (χ0n) is 13.2. The number of carbonyl (C=O) groups excluding carboxylic acids is 1. The predicted molar refractivity (Wildman–Crippen MR) is 91.2 cm³/mol. The molecule has 0 aliphatic heterocycles. The van der Waals surface area contributed by atoms with Crippen LogP contribution in [0.2, 0.25) is 0 Å². The van der Waals surface area contributed by atoms with Crippen LogP contribution in [-0.2, 0) is 11.3 Å². The number of nitrogens with one attached hydrogen (secondary N) is 2. The average Bonchev–Trinajstić information content (AvgIpc) is 3.06. The first kappa shape index (κ1) is 17.3. The smallest absolute Gasteiger partial charge is 0.237 e. The highest BCUT2D eigenvalue weighted by molar-refractivity contribution is 7.98. The lowest BCUT2D eigenvalue weighted by molar-refractivity contribution is -0.122. The first-order chi connectivity index (χ1) is 11.1. The van der Waals surface area contributed by atoms with Crippen molar-refractivity contribution in [1.82, 2.24) is 20.5 Å². The van der Waals surface area contributed by atoms with Gasteiger partial charge in [0.05, 0.1) is 19.7 Å². The van der Waals surface area contributed by atoms with Gasteiger partial charge in [0.1, 0.15) is 11.6 Å². The Balaban J connectivity index is 1.90. The fraction of sp³-hybridized carbons (Fsp3) is 0.400. The van der Waals surface area contributed by atoms with Gasteiger partial charge >= 0.3 is 0 Å². The van der Waals surface area contributed by atoms with Crippen molar-refractivity contribution in [1.29, 1.82) is 0 Å². The van der Waals surface area contributed by atoms with Crippen LogP contribution in [0.1, 0.15) is 12.2 Å². The Bertz CT molecular complexity index is 629. The summed E-state index contributed by atoms with van der Waals surface area (Å²) < 4.78 is 5.12. The van der Waals surface area contributed by atoms with E-state index >= 15 is 0 Å². The fourth-order valence-corrected chi connectivity index (χ4v) is 2.41. The van der Waals surface area contributed by atoms with Crippen LogP contribution in [0.25, 0.3) is 11.4 Å². The molecule has 1 aromatic heterocycles. The number of rotatable bonds is 8. The van der Waals surface area contributed by atoms with Crippen LogP contribution in [0.5, 0.6) is 5.75 Å². The van der Waals surface area contributed by atoms with Crippen LogP contribution in [0.15, 0.2) is 24.3 Å². The van der Waals surface area contributed by atoms with Crippen molar-refractivity contribution in [3.8, 4) is 17.1 Å². The fourth-order valence-electron chi connectivity index (χ4n) is 1.92. The number of benzene rings is 1. The summed E-state index contributed by atoms with van der Waals surface area (Å²) in [5.74, 6) is 2.61. The predicted octanol–water partition coefficient (Wildman–Crippen LogP) is 1.18. The molecular formula is C15H21N5O2S. The Labute approximate surface area is 139 Å². The van der Waals surface area contributed by atoms with Crippen LogP contribution in [0.4, 0.5) is 0 Å². The lowest BCUT2D eigenvalue weighted by atomic mass is 10.2. The SMILES string of the molecule is COc1ccc(-c2n[nH]c(CNC(=O)[C@@H](N)CCSC)n2)cc1. The number of carbonyl (C=O) groups is 1. The lowest BCUT2D eigenvalue weighted by Crippen LogP contribution is -2.40. The van der Waals surface area contributed by atoms with E-state index in [1.165, 1.54) is 0 Å². The van der Waals surface area contributed by atoms with E-state index in [1.54, 1.807) is 18.9 Å². The highest BCUT2D eigenvalue weighted by atomic mass is 32.2. The van der Waals surface area contributed by atoms with Gasteiger partial charge in [0.25, 0.3) is 0 Å². The molecule has 0 aliphatic carbocycles. The maximum absolute atomic E-state index is 11.8. The first-order valence-corrected chi connectivity index (χ1v) is 8.61. The van der Waals surface area contributed by atoms with Crippen molar-refractivity contribution in [3.05, 3.63) is 30.1 Å². The second-order valence-electron chi connectivity index (χ2n) is 4.94. The van der Waals surface area contributed by atoms with Gasteiger partial charge in [-0.15, -0.1) is 0 Å². The Morgan fingerprint density at radius 3 is 2.83 bits per heavy atom. The standard InChI is InChI=1S/C15H21N5O2S/c1-22-11-5-3-10(4-6-11)14-18-13(19-20-14)9-17-15(21)12(16)7-8-23-2/h3-6,12H,7-9,16H2,1-2H3,(H,17,21)(H,18,19,20)/t12-/m0/s1. The van der Waals surface area contributed by atoms with Crippen molar-refractivity contribution < 1.29 is 9.53 Å². The number of nitrogens with zero attached hydrogens (tertiary/aromatic N) is 2. The largest absolute Gasteiger partial charge is 0.497 e. The lowest BCUT2D eigenvalue weighted by Gasteiger charge is -2.10. The van der Waals surface area contributed by atoms with Crippen LogP contribution in [0.3, 0.4) is 0 Å². The third-order valence-electron chi connectivity index (χ3n) is 3.28. The molecule has 4 N–H and O–H groups in total. The molecule has 0 bridgehead atoms. The minimum atomic E-state index is -0.494. The summed E-state index contributed by atoms with van der Waals surface area (Å²) in [6.07, 6.45) is 2.64. The molecule has 0 aliphatic rings. The molecule has 0 unspecified atom stereocenters. The molecule has 0 fully saturated rings. The molecule has 1 atom stereocenters. The van der Waals surface area contributed by atoms with E-state index < -0.39 is 6.04 Å². The van der Waals surface area contributed by atoms with E-state index in [2.05, 4.69) is 20.5 Å². The molecule has 124 valence electrons. The van der Waals surface area contributed by atoms with Crippen LogP contribution >= 0.6 is 11.8 Å². The van der Waals surface area contributed by atoms with Gasteiger partial charge in [-0.2, -0.15) is 16.9 Å². The Morgan fingerprint density at radius 2 is 2.17 bits per heavy atom. The first-order valence-electron chi connectivity index (χ1n) is 7.22. The van der Waals surface area contributed by atoms with E-state index in [4.69, 9.17) is 10.5 Å². The van der Waals surface area contributed by atoms with E-state index in [-0.39, 0.29) is 12.5 Å². The molecule has 0 saturated carbocycles. The van der Waals surface area contributed by atoms with Crippen molar-refractivity contribution >= 4 is 17.7 Å². The summed E-state index contributed by atoms with van der Waals surface area (Å²) in [6, 6.07) is 6.95.